The predicted molar refractivity (Wildman–Crippen MR) is 88.2 cm³/mol. The number of non-ortho nitro benzene ring substituents is 1. The third kappa shape index (κ3) is 3.10. The Kier molecular flexibility index (Phi) is 4.50. The van der Waals surface area contributed by atoms with Crippen LogP contribution in [0.5, 0.6) is 0 Å². The summed E-state index contributed by atoms with van der Waals surface area (Å²) in [5.74, 6) is 0.550. The molecule has 1 aromatic heterocycles. The van der Waals surface area contributed by atoms with E-state index in [1.54, 1.807) is 36.0 Å². The highest BCUT2D eigenvalue weighted by molar-refractivity contribution is 6.30. The summed E-state index contributed by atoms with van der Waals surface area (Å²) in [5.41, 5.74) is 1.56. The van der Waals surface area contributed by atoms with Crippen molar-refractivity contribution in [2.75, 3.05) is 7.05 Å². The van der Waals surface area contributed by atoms with Crippen LogP contribution in [0.1, 0.15) is 17.4 Å². The fourth-order valence-electron chi connectivity index (χ4n) is 2.40. The molecule has 0 spiro atoms. The zero-order valence-electron chi connectivity index (χ0n) is 12.6. The van der Waals surface area contributed by atoms with Gasteiger partial charge in [-0.05, 0) is 41.2 Å². The minimum Gasteiger partial charge on any atom is -0.307 e. The molecule has 3 rings (SSSR count). The number of rotatable bonds is 5. The van der Waals surface area contributed by atoms with Gasteiger partial charge in [-0.15, -0.1) is 5.10 Å². The first-order valence-corrected chi connectivity index (χ1v) is 7.44. The van der Waals surface area contributed by atoms with Gasteiger partial charge >= 0.3 is 0 Å². The molecule has 9 heteroatoms. The number of aromatic nitrogens is 4. The zero-order chi connectivity index (χ0) is 17.1. The lowest BCUT2D eigenvalue weighted by atomic mass is 10.1. The molecule has 0 unspecified atom stereocenters. The molecule has 0 aliphatic rings. The van der Waals surface area contributed by atoms with Gasteiger partial charge in [0.15, 0.2) is 5.82 Å². The molecule has 0 aliphatic heterocycles. The summed E-state index contributed by atoms with van der Waals surface area (Å²) in [7, 11) is 1.77. The van der Waals surface area contributed by atoms with Gasteiger partial charge in [0.1, 0.15) is 0 Å². The van der Waals surface area contributed by atoms with Crippen molar-refractivity contribution in [1.29, 1.82) is 0 Å². The summed E-state index contributed by atoms with van der Waals surface area (Å²) in [6, 6.07) is 13.1. The van der Waals surface area contributed by atoms with Gasteiger partial charge in [-0.25, -0.2) is 0 Å². The fourth-order valence-corrected chi connectivity index (χ4v) is 2.58. The van der Waals surface area contributed by atoms with Crippen LogP contribution < -0.4 is 5.32 Å². The van der Waals surface area contributed by atoms with E-state index in [4.69, 9.17) is 11.6 Å². The normalized spacial score (nSPS) is 12.1. The second kappa shape index (κ2) is 6.73. The molecule has 3 aromatic rings. The Morgan fingerprint density at radius 2 is 2.00 bits per heavy atom. The molecular formula is C15H13ClN6O2. The van der Waals surface area contributed by atoms with Gasteiger partial charge in [0.2, 0.25) is 0 Å². The van der Waals surface area contributed by atoms with Crippen LogP contribution in [0, 0.1) is 10.1 Å². The van der Waals surface area contributed by atoms with Gasteiger partial charge in [-0.3, -0.25) is 10.1 Å². The van der Waals surface area contributed by atoms with E-state index in [1.807, 2.05) is 12.1 Å². The lowest BCUT2D eigenvalue weighted by molar-refractivity contribution is -0.384. The maximum absolute atomic E-state index is 10.8. The van der Waals surface area contributed by atoms with Crippen LogP contribution >= 0.6 is 11.6 Å². The molecule has 0 bridgehead atoms. The lowest BCUT2D eigenvalue weighted by Gasteiger charge is -2.16. The monoisotopic (exact) mass is 344 g/mol. The van der Waals surface area contributed by atoms with Gasteiger partial charge < -0.3 is 5.32 Å². The van der Waals surface area contributed by atoms with Crippen molar-refractivity contribution in [3.05, 3.63) is 75.1 Å². The first-order valence-electron chi connectivity index (χ1n) is 7.06. The highest BCUT2D eigenvalue weighted by atomic mass is 35.5. The van der Waals surface area contributed by atoms with Crippen LogP contribution in [0.2, 0.25) is 5.02 Å². The fraction of sp³-hybridized carbons (Fsp3) is 0.133. The molecule has 0 radical (unpaired) electrons. The van der Waals surface area contributed by atoms with Gasteiger partial charge in [0.25, 0.3) is 5.69 Å². The Labute approximate surface area is 142 Å². The molecule has 1 atom stereocenters. The average Bonchev–Trinajstić information content (AvgIpc) is 3.05. The highest BCUT2D eigenvalue weighted by Gasteiger charge is 2.21. The van der Waals surface area contributed by atoms with Gasteiger partial charge in [0, 0.05) is 17.2 Å². The Morgan fingerprint density at radius 1 is 1.25 bits per heavy atom. The van der Waals surface area contributed by atoms with E-state index in [0.717, 1.165) is 11.3 Å². The minimum atomic E-state index is -0.436. The standard InChI is InChI=1S/C15H13ClN6O2/c1-17-14(10-5-7-12(8-6-10)22(23)24)15-18-19-20-21(15)13-4-2-3-11(16)9-13/h2-9,14,17H,1H3/t14-/m1/s1. The third-order valence-corrected chi connectivity index (χ3v) is 3.77. The molecule has 24 heavy (non-hydrogen) atoms. The Hall–Kier alpha value is -2.84. The molecule has 1 heterocycles. The largest absolute Gasteiger partial charge is 0.307 e. The van der Waals surface area contributed by atoms with E-state index in [9.17, 15) is 10.1 Å². The molecule has 0 fully saturated rings. The van der Waals surface area contributed by atoms with E-state index in [0.29, 0.717) is 10.8 Å². The van der Waals surface area contributed by atoms with E-state index < -0.39 is 4.92 Å². The van der Waals surface area contributed by atoms with Crippen molar-refractivity contribution in [2.24, 2.45) is 0 Å². The molecule has 1 N–H and O–H groups in total. The van der Waals surface area contributed by atoms with Crippen LogP contribution in [0.15, 0.2) is 48.5 Å². The first kappa shape index (κ1) is 16.0. The first-order chi connectivity index (χ1) is 11.6. The minimum absolute atomic E-state index is 0.0306. The SMILES string of the molecule is CN[C@H](c1ccc([N+](=O)[O-])cc1)c1nnnn1-c1cccc(Cl)c1. The maximum atomic E-state index is 10.8. The van der Waals surface area contributed by atoms with Crippen molar-refractivity contribution in [3.8, 4) is 5.69 Å². The van der Waals surface area contributed by atoms with Crippen molar-refractivity contribution in [2.45, 2.75) is 6.04 Å². The summed E-state index contributed by atoms with van der Waals surface area (Å²) in [4.78, 5) is 10.4. The van der Waals surface area contributed by atoms with Gasteiger partial charge in [0.05, 0.1) is 16.7 Å². The highest BCUT2D eigenvalue weighted by Crippen LogP contribution is 2.24. The number of nitro groups is 1. The van der Waals surface area contributed by atoms with E-state index >= 15 is 0 Å². The summed E-state index contributed by atoms with van der Waals surface area (Å²) >= 11 is 6.03. The van der Waals surface area contributed by atoms with Crippen molar-refractivity contribution < 1.29 is 4.92 Å². The van der Waals surface area contributed by atoms with Crippen molar-refractivity contribution in [3.63, 3.8) is 0 Å². The quantitative estimate of drug-likeness (QED) is 0.564. The van der Waals surface area contributed by atoms with Crippen molar-refractivity contribution in [1.82, 2.24) is 25.5 Å². The Morgan fingerprint density at radius 3 is 2.62 bits per heavy atom. The number of nitro benzene ring substituents is 1. The number of nitrogens with zero attached hydrogens (tertiary/aromatic N) is 5. The third-order valence-electron chi connectivity index (χ3n) is 3.53. The molecular weight excluding hydrogens is 332 g/mol. The summed E-state index contributed by atoms with van der Waals surface area (Å²) < 4.78 is 1.58. The summed E-state index contributed by atoms with van der Waals surface area (Å²) in [5, 5.41) is 26.3. The molecule has 0 aliphatic carbocycles. The second-order valence-electron chi connectivity index (χ2n) is 5.00. The molecule has 8 nitrogen and oxygen atoms in total. The topological polar surface area (TPSA) is 98.8 Å². The number of hydrogen-bond acceptors (Lipinski definition) is 6. The number of tetrazole rings is 1. The van der Waals surface area contributed by atoms with Crippen LogP contribution in [0.4, 0.5) is 5.69 Å². The second-order valence-corrected chi connectivity index (χ2v) is 5.44. The summed E-state index contributed by atoms with van der Waals surface area (Å²) in [6.45, 7) is 0. The van der Waals surface area contributed by atoms with Crippen LogP contribution in [0.3, 0.4) is 0 Å². The smallest absolute Gasteiger partial charge is 0.269 e. The van der Waals surface area contributed by atoms with Crippen LogP contribution in [0.25, 0.3) is 5.69 Å². The molecule has 2 aromatic carbocycles. The number of nitrogens with one attached hydrogen (secondary N) is 1. The summed E-state index contributed by atoms with van der Waals surface area (Å²) in [6.07, 6.45) is 0. The molecule has 122 valence electrons. The van der Waals surface area contributed by atoms with Gasteiger partial charge in [-0.2, -0.15) is 4.68 Å². The lowest BCUT2D eigenvalue weighted by Crippen LogP contribution is -2.22. The van der Waals surface area contributed by atoms with Crippen LogP contribution in [-0.4, -0.2) is 32.2 Å². The van der Waals surface area contributed by atoms with Crippen molar-refractivity contribution >= 4 is 17.3 Å². The van der Waals surface area contributed by atoms with Crippen LogP contribution in [-0.2, 0) is 0 Å². The number of hydrogen-bond donors (Lipinski definition) is 1. The van der Waals surface area contributed by atoms with E-state index in [2.05, 4.69) is 20.8 Å². The van der Waals surface area contributed by atoms with E-state index in [-0.39, 0.29) is 11.7 Å². The zero-order valence-corrected chi connectivity index (χ0v) is 13.4. The molecule has 0 saturated carbocycles. The average molecular weight is 345 g/mol. The predicted octanol–water partition coefficient (Wildman–Crippen LogP) is 2.53. The molecule has 0 saturated heterocycles. The number of benzene rings is 2. The van der Waals surface area contributed by atoms with Gasteiger partial charge in [-0.1, -0.05) is 29.8 Å². The van der Waals surface area contributed by atoms with E-state index in [1.165, 1.54) is 12.1 Å². The number of halogens is 1. The maximum Gasteiger partial charge on any atom is 0.269 e. The Bertz CT molecular complexity index is 864. The Balaban J connectivity index is 2.00. The molecule has 0 amide bonds.